The van der Waals surface area contributed by atoms with Crippen LogP contribution in [0.25, 0.3) is 0 Å². The maximum atomic E-state index is 9.51. The van der Waals surface area contributed by atoms with Crippen molar-refractivity contribution in [2.75, 3.05) is 18.0 Å². The van der Waals surface area contributed by atoms with Crippen LogP contribution in [0.5, 0.6) is 0 Å². The standard InChI is InChI=1S/C16H24N2O/c1-13(19)14-4-5-15(17-12-14)18-10-8-16(9-11-18)6-2-3-7-16/h4-5,12-13,19H,2-3,6-11H2,1H3. The average molecular weight is 260 g/mol. The van der Waals surface area contributed by atoms with Crippen LogP contribution < -0.4 is 4.90 Å². The molecule has 3 heteroatoms. The summed E-state index contributed by atoms with van der Waals surface area (Å²) in [6.45, 7) is 4.06. The Morgan fingerprint density at radius 3 is 2.37 bits per heavy atom. The van der Waals surface area contributed by atoms with E-state index in [1.807, 2.05) is 6.07 Å². The third kappa shape index (κ3) is 2.62. The topological polar surface area (TPSA) is 36.4 Å². The maximum absolute atomic E-state index is 9.51. The molecule has 0 radical (unpaired) electrons. The minimum absolute atomic E-state index is 0.426. The third-order valence-corrected chi connectivity index (χ3v) is 5.07. The van der Waals surface area contributed by atoms with Crippen LogP contribution >= 0.6 is 0 Å². The first kappa shape index (κ1) is 12.9. The summed E-state index contributed by atoms with van der Waals surface area (Å²) in [5, 5.41) is 9.51. The zero-order chi connectivity index (χ0) is 13.3. The van der Waals surface area contributed by atoms with Gasteiger partial charge in [-0.1, -0.05) is 18.9 Å². The molecule has 1 saturated heterocycles. The molecule has 3 rings (SSSR count). The molecule has 1 aliphatic carbocycles. The number of hydrogen-bond donors (Lipinski definition) is 1. The van der Waals surface area contributed by atoms with Gasteiger partial charge < -0.3 is 10.0 Å². The quantitative estimate of drug-likeness (QED) is 0.886. The second kappa shape index (κ2) is 5.12. The molecule has 104 valence electrons. The Labute approximate surface area is 115 Å². The predicted octanol–water partition coefficient (Wildman–Crippen LogP) is 3.30. The normalized spacial score (nSPS) is 23.8. The van der Waals surface area contributed by atoms with Crippen molar-refractivity contribution >= 4 is 5.82 Å². The molecular formula is C16H24N2O. The van der Waals surface area contributed by atoms with Crippen molar-refractivity contribution < 1.29 is 5.11 Å². The number of nitrogens with zero attached hydrogens (tertiary/aromatic N) is 2. The van der Waals surface area contributed by atoms with Crippen LogP contribution in [0.3, 0.4) is 0 Å². The second-order valence-corrected chi connectivity index (χ2v) is 6.32. The van der Waals surface area contributed by atoms with Gasteiger partial charge in [0.05, 0.1) is 6.10 Å². The minimum atomic E-state index is -0.426. The number of anilines is 1. The molecule has 3 nitrogen and oxygen atoms in total. The smallest absolute Gasteiger partial charge is 0.128 e. The highest BCUT2D eigenvalue weighted by Gasteiger charge is 2.37. The first-order valence-electron chi connectivity index (χ1n) is 7.58. The van der Waals surface area contributed by atoms with E-state index in [9.17, 15) is 5.11 Å². The fourth-order valence-corrected chi connectivity index (χ4v) is 3.67. The van der Waals surface area contributed by atoms with Gasteiger partial charge >= 0.3 is 0 Å². The van der Waals surface area contributed by atoms with Crippen LogP contribution in [0.15, 0.2) is 18.3 Å². The fraction of sp³-hybridized carbons (Fsp3) is 0.688. The van der Waals surface area contributed by atoms with Gasteiger partial charge in [-0.05, 0) is 49.7 Å². The molecular weight excluding hydrogens is 236 g/mol. The molecule has 0 amide bonds. The van der Waals surface area contributed by atoms with E-state index in [1.165, 1.54) is 38.5 Å². The molecule has 19 heavy (non-hydrogen) atoms. The number of hydrogen-bond acceptors (Lipinski definition) is 3. The Morgan fingerprint density at radius 1 is 1.16 bits per heavy atom. The van der Waals surface area contributed by atoms with Crippen molar-refractivity contribution in [1.29, 1.82) is 0 Å². The molecule has 1 spiro atoms. The van der Waals surface area contributed by atoms with Crippen LogP contribution in [0.2, 0.25) is 0 Å². The van der Waals surface area contributed by atoms with E-state index in [1.54, 1.807) is 13.1 Å². The highest BCUT2D eigenvalue weighted by molar-refractivity contribution is 5.40. The van der Waals surface area contributed by atoms with Crippen LogP contribution in [0, 0.1) is 5.41 Å². The molecule has 1 aliphatic heterocycles. The number of aliphatic hydroxyl groups is 1. The van der Waals surface area contributed by atoms with Crippen molar-refractivity contribution in [2.24, 2.45) is 5.41 Å². The van der Waals surface area contributed by atoms with Crippen molar-refractivity contribution in [3.8, 4) is 0 Å². The molecule has 1 aromatic heterocycles. The highest BCUT2D eigenvalue weighted by atomic mass is 16.3. The number of aliphatic hydroxyl groups excluding tert-OH is 1. The van der Waals surface area contributed by atoms with Crippen molar-refractivity contribution in [3.05, 3.63) is 23.9 Å². The van der Waals surface area contributed by atoms with Gasteiger partial charge in [0, 0.05) is 19.3 Å². The molecule has 0 bridgehead atoms. The molecule has 1 N–H and O–H groups in total. The van der Waals surface area contributed by atoms with Crippen molar-refractivity contribution in [2.45, 2.75) is 51.6 Å². The molecule has 0 aromatic carbocycles. The summed E-state index contributed by atoms with van der Waals surface area (Å²) >= 11 is 0. The summed E-state index contributed by atoms with van der Waals surface area (Å²) in [4.78, 5) is 6.90. The van der Waals surface area contributed by atoms with Gasteiger partial charge in [0.2, 0.25) is 0 Å². The van der Waals surface area contributed by atoms with Crippen molar-refractivity contribution in [3.63, 3.8) is 0 Å². The lowest BCUT2D eigenvalue weighted by Gasteiger charge is -2.40. The van der Waals surface area contributed by atoms with Crippen LogP contribution in [0.1, 0.15) is 57.1 Å². The first-order chi connectivity index (χ1) is 9.19. The fourth-order valence-electron chi connectivity index (χ4n) is 3.67. The van der Waals surface area contributed by atoms with E-state index in [4.69, 9.17) is 0 Å². The van der Waals surface area contributed by atoms with Gasteiger partial charge in [0.1, 0.15) is 5.82 Å². The monoisotopic (exact) mass is 260 g/mol. The summed E-state index contributed by atoms with van der Waals surface area (Å²) in [6.07, 6.45) is 9.77. The molecule has 1 aromatic rings. The average Bonchev–Trinajstić information content (AvgIpc) is 2.88. The largest absolute Gasteiger partial charge is 0.389 e. The molecule has 2 aliphatic rings. The van der Waals surface area contributed by atoms with Gasteiger partial charge in [0.25, 0.3) is 0 Å². The molecule has 1 unspecified atom stereocenters. The third-order valence-electron chi connectivity index (χ3n) is 5.07. The van der Waals surface area contributed by atoms with Gasteiger partial charge in [-0.25, -0.2) is 4.98 Å². The van der Waals surface area contributed by atoms with Crippen LogP contribution in [-0.2, 0) is 0 Å². The number of rotatable bonds is 2. The number of piperidine rings is 1. The van der Waals surface area contributed by atoms with Gasteiger partial charge in [-0.3, -0.25) is 0 Å². The van der Waals surface area contributed by atoms with Crippen LogP contribution in [-0.4, -0.2) is 23.2 Å². The SMILES string of the molecule is CC(O)c1ccc(N2CCC3(CCCC3)CC2)nc1. The number of aromatic nitrogens is 1. The van der Waals surface area contributed by atoms with E-state index >= 15 is 0 Å². The summed E-state index contributed by atoms with van der Waals surface area (Å²) in [5.41, 5.74) is 1.56. The molecule has 2 heterocycles. The summed E-state index contributed by atoms with van der Waals surface area (Å²) in [6, 6.07) is 4.04. The first-order valence-corrected chi connectivity index (χ1v) is 7.58. The van der Waals surface area contributed by atoms with E-state index < -0.39 is 6.10 Å². The molecule has 2 fully saturated rings. The molecule has 1 saturated carbocycles. The summed E-state index contributed by atoms with van der Waals surface area (Å²) < 4.78 is 0. The lowest BCUT2D eigenvalue weighted by Crippen LogP contribution is -2.39. The highest BCUT2D eigenvalue weighted by Crippen LogP contribution is 2.46. The Balaban J connectivity index is 1.64. The Bertz CT molecular complexity index is 411. The van der Waals surface area contributed by atoms with E-state index in [-0.39, 0.29) is 0 Å². The van der Waals surface area contributed by atoms with E-state index in [0.29, 0.717) is 5.41 Å². The lowest BCUT2D eigenvalue weighted by atomic mass is 9.77. The second-order valence-electron chi connectivity index (χ2n) is 6.32. The summed E-state index contributed by atoms with van der Waals surface area (Å²) in [7, 11) is 0. The number of pyridine rings is 1. The zero-order valence-electron chi connectivity index (χ0n) is 11.8. The van der Waals surface area contributed by atoms with Crippen molar-refractivity contribution in [1.82, 2.24) is 4.98 Å². The Morgan fingerprint density at radius 2 is 1.84 bits per heavy atom. The molecule has 1 atom stereocenters. The lowest BCUT2D eigenvalue weighted by molar-refractivity contribution is 0.199. The van der Waals surface area contributed by atoms with Crippen LogP contribution in [0.4, 0.5) is 5.82 Å². The van der Waals surface area contributed by atoms with Gasteiger partial charge in [-0.15, -0.1) is 0 Å². The Hall–Kier alpha value is -1.09. The van der Waals surface area contributed by atoms with E-state index in [2.05, 4.69) is 16.0 Å². The minimum Gasteiger partial charge on any atom is -0.389 e. The maximum Gasteiger partial charge on any atom is 0.128 e. The van der Waals surface area contributed by atoms with Gasteiger partial charge in [-0.2, -0.15) is 0 Å². The Kier molecular flexibility index (Phi) is 3.48. The van der Waals surface area contributed by atoms with Gasteiger partial charge in [0.15, 0.2) is 0 Å². The zero-order valence-corrected chi connectivity index (χ0v) is 11.8. The summed E-state index contributed by atoms with van der Waals surface area (Å²) in [5.74, 6) is 1.07. The predicted molar refractivity (Wildman–Crippen MR) is 77.2 cm³/mol. The van der Waals surface area contributed by atoms with E-state index in [0.717, 1.165) is 24.5 Å².